The van der Waals surface area contributed by atoms with Gasteiger partial charge in [0.1, 0.15) is 5.76 Å². The molecule has 1 aliphatic heterocycles. The second kappa shape index (κ2) is 3.28. The molecule has 0 saturated carbocycles. The van der Waals surface area contributed by atoms with Crippen molar-refractivity contribution >= 4 is 16.9 Å². The van der Waals surface area contributed by atoms with Gasteiger partial charge in [0.15, 0.2) is 0 Å². The van der Waals surface area contributed by atoms with Crippen LogP contribution in [0.1, 0.15) is 23.3 Å². The number of hydrogen-bond donors (Lipinski definition) is 0. The average Bonchev–Trinajstić information content (AvgIpc) is 2.61. The van der Waals surface area contributed by atoms with Crippen molar-refractivity contribution in [3.63, 3.8) is 0 Å². The molecule has 0 aromatic carbocycles. The van der Waals surface area contributed by atoms with Gasteiger partial charge in [-0.2, -0.15) is 0 Å². The summed E-state index contributed by atoms with van der Waals surface area (Å²) in [5.74, 6) is 1.20. The average molecular weight is 204 g/mol. The van der Waals surface area contributed by atoms with Crippen LogP contribution in [-0.4, -0.2) is 6.61 Å². The van der Waals surface area contributed by atoms with Crippen molar-refractivity contribution in [2.24, 2.45) is 0 Å². The van der Waals surface area contributed by atoms with E-state index in [-0.39, 0.29) is 0 Å². The maximum absolute atomic E-state index is 5.78. The number of allylic oxidation sites excluding steroid dienone is 4. The molecule has 2 heteroatoms. The molecule has 2 aliphatic rings. The Balaban J connectivity index is 2.16. The molecule has 1 aliphatic carbocycles. The van der Waals surface area contributed by atoms with Crippen LogP contribution in [0.5, 0.6) is 0 Å². The number of rotatable bonds is 0. The minimum absolute atomic E-state index is 0.844. The molecule has 0 N–H and O–H groups in total. The molecular formula is C12H12OS. The minimum Gasteiger partial charge on any atom is -0.497 e. The zero-order chi connectivity index (χ0) is 9.38. The predicted molar refractivity (Wildman–Crippen MR) is 59.3 cm³/mol. The molecule has 2 heterocycles. The van der Waals surface area contributed by atoms with E-state index in [0.717, 1.165) is 25.9 Å². The summed E-state index contributed by atoms with van der Waals surface area (Å²) >= 11 is 1.84. The second-order valence-electron chi connectivity index (χ2n) is 3.65. The molecular weight excluding hydrogens is 192 g/mol. The Kier molecular flexibility index (Phi) is 1.95. The highest BCUT2D eigenvalue weighted by molar-refractivity contribution is 7.11. The molecule has 14 heavy (non-hydrogen) atoms. The van der Waals surface area contributed by atoms with Crippen molar-refractivity contribution in [3.05, 3.63) is 39.8 Å². The number of fused-ring (bicyclic) bond motifs is 2. The van der Waals surface area contributed by atoms with Gasteiger partial charge in [0, 0.05) is 23.3 Å². The van der Waals surface area contributed by atoms with E-state index < -0.39 is 0 Å². The summed E-state index contributed by atoms with van der Waals surface area (Å²) in [5.41, 5.74) is 2.78. The third-order valence-corrected chi connectivity index (χ3v) is 3.75. The normalized spacial score (nSPS) is 19.7. The van der Waals surface area contributed by atoms with Crippen molar-refractivity contribution in [1.29, 1.82) is 0 Å². The van der Waals surface area contributed by atoms with E-state index in [9.17, 15) is 0 Å². The van der Waals surface area contributed by atoms with Crippen LogP contribution in [0.15, 0.2) is 29.4 Å². The summed E-state index contributed by atoms with van der Waals surface area (Å²) in [4.78, 5) is 1.42. The topological polar surface area (TPSA) is 9.23 Å². The van der Waals surface area contributed by atoms with E-state index in [0.29, 0.717) is 0 Å². The van der Waals surface area contributed by atoms with Gasteiger partial charge in [-0.3, -0.25) is 0 Å². The molecule has 0 saturated heterocycles. The van der Waals surface area contributed by atoms with Crippen molar-refractivity contribution in [3.8, 4) is 0 Å². The second-order valence-corrected chi connectivity index (χ2v) is 4.57. The lowest BCUT2D eigenvalue weighted by Gasteiger charge is -2.13. The lowest BCUT2D eigenvalue weighted by atomic mass is 10.0. The molecule has 0 spiro atoms. The first-order valence-electron chi connectivity index (χ1n) is 5.04. The standard InChI is InChI=1S/C12H12OS/c1-2-4-11-10(3-1)12-9(5-7-13-11)6-8-14-12/h1,3,6,8H,2,4-5,7H2. The summed E-state index contributed by atoms with van der Waals surface area (Å²) < 4.78 is 5.78. The SMILES string of the molecule is C1=CC2=C(CC1)OCCc1ccsc12. The smallest absolute Gasteiger partial charge is 0.105 e. The molecule has 0 amide bonds. The fraction of sp³-hybridized carbons (Fsp3) is 0.333. The molecule has 1 nitrogen and oxygen atoms in total. The van der Waals surface area contributed by atoms with Gasteiger partial charge in [-0.15, -0.1) is 11.3 Å². The maximum Gasteiger partial charge on any atom is 0.105 e. The third-order valence-electron chi connectivity index (χ3n) is 2.76. The Hall–Kier alpha value is -1.02. The van der Waals surface area contributed by atoms with Gasteiger partial charge in [0.25, 0.3) is 0 Å². The molecule has 1 aromatic heterocycles. The van der Waals surface area contributed by atoms with Crippen LogP contribution in [0.25, 0.3) is 5.57 Å². The minimum atomic E-state index is 0.844. The van der Waals surface area contributed by atoms with Crippen LogP contribution in [0, 0.1) is 0 Å². The van der Waals surface area contributed by atoms with Crippen molar-refractivity contribution < 1.29 is 4.74 Å². The first-order valence-corrected chi connectivity index (χ1v) is 5.92. The highest BCUT2D eigenvalue weighted by Crippen LogP contribution is 2.36. The van der Waals surface area contributed by atoms with E-state index in [4.69, 9.17) is 4.74 Å². The van der Waals surface area contributed by atoms with Gasteiger partial charge in [0.05, 0.1) is 6.61 Å². The quantitative estimate of drug-likeness (QED) is 0.629. The summed E-state index contributed by atoms with van der Waals surface area (Å²) in [6.45, 7) is 0.844. The summed E-state index contributed by atoms with van der Waals surface area (Å²) in [7, 11) is 0. The Morgan fingerprint density at radius 2 is 2.29 bits per heavy atom. The van der Waals surface area contributed by atoms with Crippen LogP contribution >= 0.6 is 11.3 Å². The number of thiophene rings is 1. The highest BCUT2D eigenvalue weighted by Gasteiger charge is 2.19. The fourth-order valence-corrected chi connectivity index (χ4v) is 3.05. The highest BCUT2D eigenvalue weighted by atomic mass is 32.1. The van der Waals surface area contributed by atoms with Gasteiger partial charge in [-0.1, -0.05) is 12.2 Å². The van der Waals surface area contributed by atoms with Crippen LogP contribution < -0.4 is 0 Å². The lowest BCUT2D eigenvalue weighted by Crippen LogP contribution is -1.97. The predicted octanol–water partition coefficient (Wildman–Crippen LogP) is 3.38. The molecule has 0 unspecified atom stereocenters. The third kappa shape index (κ3) is 1.22. The van der Waals surface area contributed by atoms with Gasteiger partial charge in [-0.25, -0.2) is 0 Å². The Labute approximate surface area is 87.7 Å². The van der Waals surface area contributed by atoms with Crippen molar-refractivity contribution in [2.45, 2.75) is 19.3 Å². The molecule has 0 bridgehead atoms. The van der Waals surface area contributed by atoms with Crippen LogP contribution in [0.2, 0.25) is 0 Å². The monoisotopic (exact) mass is 204 g/mol. The van der Waals surface area contributed by atoms with Gasteiger partial charge >= 0.3 is 0 Å². The van der Waals surface area contributed by atoms with Crippen LogP contribution in [0.3, 0.4) is 0 Å². The van der Waals surface area contributed by atoms with Crippen molar-refractivity contribution in [1.82, 2.24) is 0 Å². The summed E-state index contributed by atoms with van der Waals surface area (Å²) in [6.07, 6.45) is 7.72. The first-order chi connectivity index (χ1) is 6.95. The number of hydrogen-bond acceptors (Lipinski definition) is 2. The van der Waals surface area contributed by atoms with E-state index in [1.165, 1.54) is 21.8 Å². The van der Waals surface area contributed by atoms with Gasteiger partial charge in [-0.05, 0) is 23.4 Å². The first kappa shape index (κ1) is 8.30. The van der Waals surface area contributed by atoms with Gasteiger partial charge < -0.3 is 4.74 Å². The van der Waals surface area contributed by atoms with Crippen molar-refractivity contribution in [2.75, 3.05) is 6.61 Å². The molecule has 0 fully saturated rings. The zero-order valence-electron chi connectivity index (χ0n) is 7.95. The lowest BCUT2D eigenvalue weighted by molar-refractivity contribution is 0.210. The number of ether oxygens (including phenoxy) is 1. The Morgan fingerprint density at radius 3 is 3.29 bits per heavy atom. The van der Waals surface area contributed by atoms with E-state index in [1.807, 2.05) is 11.3 Å². The summed E-state index contributed by atoms with van der Waals surface area (Å²) in [6, 6.07) is 2.22. The molecule has 0 radical (unpaired) electrons. The zero-order valence-corrected chi connectivity index (χ0v) is 8.77. The van der Waals surface area contributed by atoms with Gasteiger partial charge in [0.2, 0.25) is 0 Å². The van der Waals surface area contributed by atoms with E-state index in [2.05, 4.69) is 23.6 Å². The maximum atomic E-state index is 5.78. The van der Waals surface area contributed by atoms with E-state index >= 15 is 0 Å². The molecule has 3 rings (SSSR count). The Morgan fingerprint density at radius 1 is 1.29 bits per heavy atom. The summed E-state index contributed by atoms with van der Waals surface area (Å²) in [5, 5.41) is 2.18. The van der Waals surface area contributed by atoms with E-state index in [1.54, 1.807) is 0 Å². The molecule has 72 valence electrons. The van der Waals surface area contributed by atoms with Crippen LogP contribution in [-0.2, 0) is 11.2 Å². The Bertz CT molecular complexity index is 412. The fourth-order valence-electron chi connectivity index (χ4n) is 2.05. The molecule has 0 atom stereocenters. The molecule has 1 aromatic rings. The largest absolute Gasteiger partial charge is 0.497 e. The van der Waals surface area contributed by atoms with Crippen LogP contribution in [0.4, 0.5) is 0 Å².